The minimum absolute atomic E-state index is 0. The molecule has 0 aromatic carbocycles. The van der Waals surface area contributed by atoms with E-state index < -0.39 is 9.84 Å². The molecule has 138 valence electrons. The molecule has 0 saturated carbocycles. The molecule has 1 atom stereocenters. The quantitative estimate of drug-likeness (QED) is 0.319. The topological polar surface area (TPSA) is 83.0 Å². The minimum atomic E-state index is -2.96. The third kappa shape index (κ3) is 11.1. The van der Waals surface area contributed by atoms with Crippen molar-refractivity contribution in [3.05, 3.63) is 0 Å². The Morgan fingerprint density at radius 2 is 2.09 bits per heavy atom. The van der Waals surface area contributed by atoms with Gasteiger partial charge in [0.05, 0.1) is 18.5 Å². The Balaban J connectivity index is 0.00000484. The molecule has 1 heterocycles. The number of hydrogen-bond donors (Lipinski definition) is 2. The van der Waals surface area contributed by atoms with Gasteiger partial charge >= 0.3 is 0 Å². The molecule has 9 heteroatoms. The highest BCUT2D eigenvalue weighted by Crippen LogP contribution is 2.07. The monoisotopic (exact) mass is 462 g/mol. The summed E-state index contributed by atoms with van der Waals surface area (Å²) >= 11 is 0. The van der Waals surface area contributed by atoms with Crippen LogP contribution in [0.1, 0.15) is 13.8 Å². The largest absolute Gasteiger partial charge is 0.374 e. The Morgan fingerprint density at radius 1 is 1.39 bits per heavy atom. The highest BCUT2D eigenvalue weighted by molar-refractivity contribution is 14.0. The van der Waals surface area contributed by atoms with Crippen LogP contribution in [0.4, 0.5) is 0 Å². The number of halogens is 1. The van der Waals surface area contributed by atoms with Crippen molar-refractivity contribution in [2.45, 2.75) is 20.0 Å². The number of ether oxygens (including phenoxy) is 1. The first-order valence-corrected chi connectivity index (χ1v) is 9.82. The Bertz CT molecular complexity index is 457. The number of hydrogen-bond acceptors (Lipinski definition) is 5. The van der Waals surface area contributed by atoms with E-state index >= 15 is 0 Å². The van der Waals surface area contributed by atoms with Gasteiger partial charge in [0.15, 0.2) is 5.96 Å². The summed E-state index contributed by atoms with van der Waals surface area (Å²) in [6, 6.07) is 0. The fourth-order valence-corrected chi connectivity index (χ4v) is 2.84. The third-order valence-electron chi connectivity index (χ3n) is 3.33. The maximum absolute atomic E-state index is 11.1. The van der Waals surface area contributed by atoms with Crippen LogP contribution in [0, 0.1) is 5.92 Å². The van der Waals surface area contributed by atoms with Crippen LogP contribution in [0.25, 0.3) is 0 Å². The van der Waals surface area contributed by atoms with Gasteiger partial charge in [0, 0.05) is 46.0 Å². The van der Waals surface area contributed by atoms with Gasteiger partial charge in [-0.25, -0.2) is 8.42 Å². The standard InChI is InChI=1S/C14H30N4O3S.HI/c1-12(2)10-18-6-7-21-13(11-18)9-17-14(15-3)16-5-8-22(4,19)20;/h12-13H,5-11H2,1-4H3,(H2,15,16,17);1H. The van der Waals surface area contributed by atoms with Crippen molar-refractivity contribution < 1.29 is 13.2 Å². The van der Waals surface area contributed by atoms with Crippen molar-refractivity contribution in [1.29, 1.82) is 0 Å². The summed E-state index contributed by atoms with van der Waals surface area (Å²) in [5.74, 6) is 1.35. The number of nitrogens with one attached hydrogen (secondary N) is 2. The van der Waals surface area contributed by atoms with E-state index in [4.69, 9.17) is 4.74 Å². The molecule has 0 amide bonds. The summed E-state index contributed by atoms with van der Waals surface area (Å²) in [6.07, 6.45) is 1.35. The third-order valence-corrected chi connectivity index (χ3v) is 4.28. The van der Waals surface area contributed by atoms with Gasteiger partial charge in [-0.3, -0.25) is 9.89 Å². The molecule has 23 heavy (non-hydrogen) atoms. The Labute approximate surface area is 157 Å². The molecule has 2 N–H and O–H groups in total. The van der Waals surface area contributed by atoms with Gasteiger partial charge in [0.2, 0.25) is 0 Å². The molecular weight excluding hydrogens is 431 g/mol. The predicted molar refractivity (Wildman–Crippen MR) is 106 cm³/mol. The highest BCUT2D eigenvalue weighted by Gasteiger charge is 2.21. The summed E-state index contributed by atoms with van der Waals surface area (Å²) in [5.41, 5.74) is 0. The second kappa shape index (κ2) is 11.4. The number of nitrogens with zero attached hydrogens (tertiary/aromatic N) is 2. The van der Waals surface area contributed by atoms with Crippen LogP contribution in [0.15, 0.2) is 4.99 Å². The fourth-order valence-electron chi connectivity index (χ4n) is 2.37. The van der Waals surface area contributed by atoms with E-state index in [0.29, 0.717) is 25.0 Å². The summed E-state index contributed by atoms with van der Waals surface area (Å²) in [4.78, 5) is 6.51. The van der Waals surface area contributed by atoms with Crippen LogP contribution in [-0.4, -0.2) is 83.8 Å². The van der Waals surface area contributed by atoms with Gasteiger partial charge in [0.1, 0.15) is 9.84 Å². The molecule has 7 nitrogen and oxygen atoms in total. The van der Waals surface area contributed by atoms with Crippen molar-refractivity contribution >= 4 is 39.8 Å². The van der Waals surface area contributed by atoms with Gasteiger partial charge in [-0.2, -0.15) is 0 Å². The van der Waals surface area contributed by atoms with Crippen molar-refractivity contribution in [2.24, 2.45) is 10.9 Å². The Hall–Kier alpha value is -0.130. The van der Waals surface area contributed by atoms with Crippen LogP contribution < -0.4 is 10.6 Å². The first-order valence-electron chi connectivity index (χ1n) is 7.76. The molecule has 1 aliphatic heterocycles. The van der Waals surface area contributed by atoms with Crippen molar-refractivity contribution in [3.63, 3.8) is 0 Å². The average Bonchev–Trinajstić information content (AvgIpc) is 2.41. The molecule has 1 saturated heterocycles. The van der Waals surface area contributed by atoms with Gasteiger partial charge in [-0.15, -0.1) is 24.0 Å². The maximum atomic E-state index is 11.1. The van der Waals surface area contributed by atoms with Crippen LogP contribution in [0.5, 0.6) is 0 Å². The van der Waals surface area contributed by atoms with E-state index in [1.807, 2.05) is 0 Å². The first-order chi connectivity index (χ1) is 10.3. The lowest BCUT2D eigenvalue weighted by Gasteiger charge is -2.34. The second-order valence-corrected chi connectivity index (χ2v) is 8.42. The maximum Gasteiger partial charge on any atom is 0.191 e. The van der Waals surface area contributed by atoms with E-state index in [1.165, 1.54) is 6.26 Å². The van der Waals surface area contributed by atoms with Crippen LogP contribution >= 0.6 is 24.0 Å². The van der Waals surface area contributed by atoms with Gasteiger partial charge in [-0.05, 0) is 5.92 Å². The molecule has 0 bridgehead atoms. The van der Waals surface area contributed by atoms with Crippen molar-refractivity contribution in [2.75, 3.05) is 58.4 Å². The predicted octanol–water partition coefficient (Wildman–Crippen LogP) is 0.171. The molecule has 1 unspecified atom stereocenters. The van der Waals surface area contributed by atoms with Crippen LogP contribution in [-0.2, 0) is 14.6 Å². The zero-order valence-corrected chi connectivity index (χ0v) is 17.7. The molecule has 0 aliphatic carbocycles. The summed E-state index contributed by atoms with van der Waals surface area (Å²) in [6.45, 7) is 9.17. The Kier molecular flexibility index (Phi) is 11.4. The average molecular weight is 462 g/mol. The van der Waals surface area contributed by atoms with Gasteiger partial charge in [-0.1, -0.05) is 13.8 Å². The molecule has 0 aromatic rings. The SMILES string of the molecule is CN=C(NCCS(C)(=O)=O)NCC1CN(CC(C)C)CCO1.I. The van der Waals surface area contributed by atoms with E-state index in [9.17, 15) is 8.42 Å². The van der Waals surface area contributed by atoms with Gasteiger partial charge < -0.3 is 15.4 Å². The zero-order valence-electron chi connectivity index (χ0n) is 14.5. The summed E-state index contributed by atoms with van der Waals surface area (Å²) in [7, 11) is -1.29. The Morgan fingerprint density at radius 3 is 2.65 bits per heavy atom. The summed E-state index contributed by atoms with van der Waals surface area (Å²) in [5, 5.41) is 6.19. The van der Waals surface area contributed by atoms with E-state index in [-0.39, 0.29) is 35.8 Å². The van der Waals surface area contributed by atoms with Gasteiger partial charge in [0.25, 0.3) is 0 Å². The van der Waals surface area contributed by atoms with Crippen LogP contribution in [0.3, 0.4) is 0 Å². The number of rotatable bonds is 7. The van der Waals surface area contributed by atoms with E-state index in [1.54, 1.807) is 7.05 Å². The fraction of sp³-hybridized carbons (Fsp3) is 0.929. The van der Waals surface area contributed by atoms with E-state index in [0.717, 1.165) is 26.2 Å². The first kappa shape index (κ1) is 22.9. The lowest BCUT2D eigenvalue weighted by atomic mass is 10.2. The lowest BCUT2D eigenvalue weighted by molar-refractivity contribution is -0.0284. The zero-order chi connectivity index (χ0) is 16.6. The molecule has 1 fully saturated rings. The van der Waals surface area contributed by atoms with E-state index in [2.05, 4.69) is 34.4 Å². The number of guanidine groups is 1. The second-order valence-electron chi connectivity index (χ2n) is 6.16. The highest BCUT2D eigenvalue weighted by atomic mass is 127. The number of sulfone groups is 1. The van der Waals surface area contributed by atoms with Crippen molar-refractivity contribution in [3.8, 4) is 0 Å². The molecule has 0 spiro atoms. The number of morpholine rings is 1. The molecular formula is C14H31IN4O3S. The lowest BCUT2D eigenvalue weighted by Crippen LogP contribution is -2.50. The molecule has 1 rings (SSSR count). The normalized spacial score (nSPS) is 20.2. The van der Waals surface area contributed by atoms with Crippen molar-refractivity contribution in [1.82, 2.24) is 15.5 Å². The van der Waals surface area contributed by atoms with Crippen LogP contribution in [0.2, 0.25) is 0 Å². The number of aliphatic imine (C=N–C) groups is 1. The molecule has 0 radical (unpaired) electrons. The smallest absolute Gasteiger partial charge is 0.191 e. The summed E-state index contributed by atoms with van der Waals surface area (Å²) < 4.78 is 28.0. The molecule has 1 aliphatic rings. The molecule has 0 aromatic heterocycles. The minimum Gasteiger partial charge on any atom is -0.374 e.